The highest BCUT2D eigenvalue weighted by molar-refractivity contribution is 5.94. The van der Waals surface area contributed by atoms with Gasteiger partial charge in [0.25, 0.3) is 5.91 Å². The highest BCUT2D eigenvalue weighted by atomic mass is 16.2. The van der Waals surface area contributed by atoms with Crippen LogP contribution in [0.5, 0.6) is 0 Å². The summed E-state index contributed by atoms with van der Waals surface area (Å²) in [6, 6.07) is 9.89. The molecule has 0 saturated carbocycles. The lowest BCUT2D eigenvalue weighted by Crippen LogP contribution is -2.33. The first-order chi connectivity index (χ1) is 11.0. The molecule has 4 heteroatoms. The molecule has 0 saturated heterocycles. The summed E-state index contributed by atoms with van der Waals surface area (Å²) in [7, 11) is 2.06. The lowest BCUT2D eigenvalue weighted by atomic mass is 10.1. The third-order valence-corrected chi connectivity index (χ3v) is 3.87. The largest absolute Gasteiger partial charge is 0.375 e. The Bertz CT molecular complexity index is 516. The van der Waals surface area contributed by atoms with Gasteiger partial charge in [0.05, 0.1) is 12.5 Å². The maximum absolute atomic E-state index is 12.7. The summed E-state index contributed by atoms with van der Waals surface area (Å²) in [6.07, 6.45) is 2.42. The highest BCUT2D eigenvalue weighted by Gasteiger charge is 2.16. The average Bonchev–Trinajstić information content (AvgIpc) is 2.54. The highest BCUT2D eigenvalue weighted by Crippen LogP contribution is 2.16. The van der Waals surface area contributed by atoms with Crippen LogP contribution in [-0.2, 0) is 0 Å². The number of carbonyl (C=O) groups excluding carboxylic acids is 1. The number of amides is 1. The van der Waals surface area contributed by atoms with Crippen molar-refractivity contribution in [3.8, 4) is 6.07 Å². The minimum atomic E-state index is 0.0191. The molecule has 1 rings (SSSR count). The van der Waals surface area contributed by atoms with Crippen LogP contribution in [0.1, 0.15) is 50.4 Å². The Morgan fingerprint density at radius 2 is 1.83 bits per heavy atom. The van der Waals surface area contributed by atoms with E-state index < -0.39 is 0 Å². The van der Waals surface area contributed by atoms with Gasteiger partial charge in [0.2, 0.25) is 0 Å². The van der Waals surface area contributed by atoms with Crippen molar-refractivity contribution >= 4 is 11.6 Å². The number of benzene rings is 1. The summed E-state index contributed by atoms with van der Waals surface area (Å²) in [5.74, 6) is 0.558. The summed E-state index contributed by atoms with van der Waals surface area (Å²) < 4.78 is 0. The molecule has 0 aliphatic heterocycles. The van der Waals surface area contributed by atoms with Crippen molar-refractivity contribution in [1.29, 1.82) is 5.26 Å². The fraction of sp³-hybridized carbons (Fsp3) is 0.579. The summed E-state index contributed by atoms with van der Waals surface area (Å²) >= 11 is 0. The SMILES string of the molecule is CCCN(C)c1ccc(C(=O)N(CCC#N)CCC(C)C)cc1. The van der Waals surface area contributed by atoms with E-state index in [9.17, 15) is 4.79 Å². The van der Waals surface area contributed by atoms with Crippen LogP contribution in [0, 0.1) is 17.2 Å². The van der Waals surface area contributed by atoms with Crippen LogP contribution in [-0.4, -0.2) is 37.5 Å². The smallest absolute Gasteiger partial charge is 0.253 e. The van der Waals surface area contributed by atoms with E-state index in [2.05, 4.69) is 38.8 Å². The van der Waals surface area contributed by atoms with Gasteiger partial charge < -0.3 is 9.80 Å². The summed E-state index contributed by atoms with van der Waals surface area (Å²) in [5, 5.41) is 8.80. The molecule has 1 amide bonds. The van der Waals surface area contributed by atoms with Gasteiger partial charge in [0.1, 0.15) is 0 Å². The maximum Gasteiger partial charge on any atom is 0.253 e. The number of nitrogens with zero attached hydrogens (tertiary/aromatic N) is 3. The molecule has 23 heavy (non-hydrogen) atoms. The molecule has 0 N–H and O–H groups in total. The van der Waals surface area contributed by atoms with E-state index in [4.69, 9.17) is 5.26 Å². The van der Waals surface area contributed by atoms with Crippen LogP contribution in [0.3, 0.4) is 0 Å². The van der Waals surface area contributed by atoms with E-state index >= 15 is 0 Å². The molecule has 0 atom stereocenters. The molecular formula is C19H29N3O. The second kappa shape index (κ2) is 9.89. The predicted molar refractivity (Wildman–Crippen MR) is 95.6 cm³/mol. The van der Waals surface area contributed by atoms with E-state index in [1.165, 1.54) is 0 Å². The Labute approximate surface area is 140 Å². The van der Waals surface area contributed by atoms with Gasteiger partial charge >= 0.3 is 0 Å². The Morgan fingerprint density at radius 1 is 1.17 bits per heavy atom. The lowest BCUT2D eigenvalue weighted by Gasteiger charge is -2.23. The van der Waals surface area contributed by atoms with Gasteiger partial charge in [-0.3, -0.25) is 4.79 Å². The van der Waals surface area contributed by atoms with Crippen molar-refractivity contribution in [2.24, 2.45) is 5.92 Å². The van der Waals surface area contributed by atoms with Gasteiger partial charge in [-0.2, -0.15) is 5.26 Å². The lowest BCUT2D eigenvalue weighted by molar-refractivity contribution is 0.0752. The zero-order valence-corrected chi connectivity index (χ0v) is 14.9. The summed E-state index contributed by atoms with van der Waals surface area (Å²) in [6.45, 7) is 8.64. The number of nitriles is 1. The molecule has 0 bridgehead atoms. The van der Waals surface area contributed by atoms with Gasteiger partial charge in [0, 0.05) is 37.9 Å². The van der Waals surface area contributed by atoms with E-state index in [0.29, 0.717) is 31.0 Å². The average molecular weight is 315 g/mol. The van der Waals surface area contributed by atoms with E-state index in [1.54, 1.807) is 4.90 Å². The molecule has 126 valence electrons. The maximum atomic E-state index is 12.7. The fourth-order valence-electron chi connectivity index (χ4n) is 2.42. The quantitative estimate of drug-likeness (QED) is 0.693. The Kier molecular flexibility index (Phi) is 8.18. The normalized spacial score (nSPS) is 10.4. The van der Waals surface area contributed by atoms with E-state index in [1.807, 2.05) is 24.3 Å². The number of carbonyl (C=O) groups is 1. The van der Waals surface area contributed by atoms with Crippen LogP contribution in [0.2, 0.25) is 0 Å². The van der Waals surface area contributed by atoms with Gasteiger partial charge in [-0.15, -0.1) is 0 Å². The molecule has 0 radical (unpaired) electrons. The fourth-order valence-corrected chi connectivity index (χ4v) is 2.42. The van der Waals surface area contributed by atoms with E-state index in [-0.39, 0.29) is 5.91 Å². The minimum Gasteiger partial charge on any atom is -0.375 e. The summed E-state index contributed by atoms with van der Waals surface area (Å²) in [5.41, 5.74) is 1.81. The van der Waals surface area contributed by atoms with Crippen molar-refractivity contribution in [2.45, 2.75) is 40.0 Å². The first-order valence-electron chi connectivity index (χ1n) is 8.47. The topological polar surface area (TPSA) is 47.3 Å². The molecule has 0 heterocycles. The number of hydrogen-bond donors (Lipinski definition) is 0. The van der Waals surface area contributed by atoms with Crippen LogP contribution in [0.15, 0.2) is 24.3 Å². The number of anilines is 1. The van der Waals surface area contributed by atoms with Crippen molar-refractivity contribution in [2.75, 3.05) is 31.6 Å². The van der Waals surface area contributed by atoms with Crippen LogP contribution >= 0.6 is 0 Å². The molecule has 0 fully saturated rings. The molecule has 0 aliphatic rings. The third kappa shape index (κ3) is 6.32. The minimum absolute atomic E-state index is 0.0191. The second-order valence-electron chi connectivity index (χ2n) is 6.35. The molecule has 0 spiro atoms. The number of hydrogen-bond acceptors (Lipinski definition) is 3. The van der Waals surface area contributed by atoms with Gasteiger partial charge in [-0.25, -0.2) is 0 Å². The number of rotatable bonds is 9. The van der Waals surface area contributed by atoms with Crippen molar-refractivity contribution in [3.63, 3.8) is 0 Å². The first-order valence-corrected chi connectivity index (χ1v) is 8.47. The van der Waals surface area contributed by atoms with Crippen molar-refractivity contribution in [3.05, 3.63) is 29.8 Å². The van der Waals surface area contributed by atoms with Gasteiger partial charge in [0.15, 0.2) is 0 Å². The first kappa shape index (κ1) is 19.0. The Hall–Kier alpha value is -2.02. The molecule has 1 aromatic carbocycles. The zero-order valence-electron chi connectivity index (χ0n) is 14.9. The zero-order chi connectivity index (χ0) is 17.2. The third-order valence-electron chi connectivity index (χ3n) is 3.87. The molecule has 0 aliphatic carbocycles. The van der Waals surface area contributed by atoms with Crippen molar-refractivity contribution < 1.29 is 4.79 Å². The molecule has 0 aromatic heterocycles. The van der Waals surface area contributed by atoms with Crippen molar-refractivity contribution in [1.82, 2.24) is 4.90 Å². The monoisotopic (exact) mass is 315 g/mol. The summed E-state index contributed by atoms with van der Waals surface area (Å²) in [4.78, 5) is 16.7. The molecule has 0 unspecified atom stereocenters. The van der Waals surface area contributed by atoms with Gasteiger partial charge in [-0.05, 0) is 43.0 Å². The Balaban J connectivity index is 2.79. The predicted octanol–water partition coefficient (Wildman–Crippen LogP) is 3.93. The molecule has 4 nitrogen and oxygen atoms in total. The second-order valence-corrected chi connectivity index (χ2v) is 6.35. The molecule has 1 aromatic rings. The molecular weight excluding hydrogens is 286 g/mol. The van der Waals surface area contributed by atoms with Crippen LogP contribution in [0.25, 0.3) is 0 Å². The standard InChI is InChI=1S/C19H29N3O/c1-5-13-21(4)18-9-7-17(8-10-18)19(23)22(14-6-12-20)15-11-16(2)3/h7-10,16H,5-6,11,13-15H2,1-4H3. The van der Waals surface area contributed by atoms with Gasteiger partial charge in [-0.1, -0.05) is 20.8 Å². The van der Waals surface area contributed by atoms with Crippen LogP contribution in [0.4, 0.5) is 5.69 Å². The van der Waals surface area contributed by atoms with Crippen LogP contribution < -0.4 is 4.90 Å². The Morgan fingerprint density at radius 3 is 2.35 bits per heavy atom. The van der Waals surface area contributed by atoms with E-state index in [0.717, 1.165) is 25.1 Å².